The molecule has 0 saturated carbocycles. The van der Waals surface area contributed by atoms with E-state index in [-0.39, 0.29) is 29.9 Å². The largest absolute Gasteiger partial charge is 0.488 e. The summed E-state index contributed by atoms with van der Waals surface area (Å²) in [5, 5.41) is 2.97. The minimum Gasteiger partial charge on any atom is -0.488 e. The summed E-state index contributed by atoms with van der Waals surface area (Å²) >= 11 is 1.59. The molecule has 1 aromatic heterocycles. The number of methoxy groups -OCH3 is 1. The van der Waals surface area contributed by atoms with Crippen LogP contribution in [0.2, 0.25) is 0 Å². The molecule has 1 fully saturated rings. The van der Waals surface area contributed by atoms with Crippen molar-refractivity contribution in [1.82, 2.24) is 9.88 Å². The number of anilines is 1. The standard InChI is InChI=1S/C33H41N3O5S/c1-20-8-11-28(26(14-20)27-19-42-31(34-27)36-16-21(2)29(22(36)3)30(37)39-7)40-18-23-9-10-25-17-35(13-12-24(25)15-23)32(38)41-33(4,5)6/h8-11,14-15,19,21-22,29H,12-13,16-18H2,1-7H3/t21-,22?,29?/m0/s1. The SMILES string of the molecule is COC(=O)C1C(C)N(c2nc(-c3cc(C)ccc3OCc3ccc4c(c3)CCN(C(=O)OC(C)(C)C)C4)cs2)C[C@@H]1C. The summed E-state index contributed by atoms with van der Waals surface area (Å²) in [5.41, 5.74) is 5.90. The van der Waals surface area contributed by atoms with Crippen molar-refractivity contribution < 1.29 is 23.8 Å². The Hall–Kier alpha value is -3.59. The van der Waals surface area contributed by atoms with Crippen molar-refractivity contribution in [2.45, 2.75) is 72.8 Å². The Balaban J connectivity index is 1.28. The maximum atomic E-state index is 12.5. The van der Waals surface area contributed by atoms with Crippen molar-refractivity contribution in [2.75, 3.05) is 25.1 Å². The number of thiazole rings is 1. The summed E-state index contributed by atoms with van der Waals surface area (Å²) in [7, 11) is 1.45. The second kappa shape index (κ2) is 12.0. The zero-order valence-electron chi connectivity index (χ0n) is 25.6. The first kappa shape index (κ1) is 29.9. The number of fused-ring (bicyclic) bond motifs is 1. The quantitative estimate of drug-likeness (QED) is 0.298. The van der Waals surface area contributed by atoms with E-state index in [2.05, 4.69) is 61.4 Å². The van der Waals surface area contributed by atoms with Crippen LogP contribution < -0.4 is 9.64 Å². The molecule has 0 spiro atoms. The van der Waals surface area contributed by atoms with Gasteiger partial charge in [0.05, 0.1) is 18.7 Å². The highest BCUT2D eigenvalue weighted by atomic mass is 32.1. The van der Waals surface area contributed by atoms with Crippen molar-refractivity contribution in [3.05, 3.63) is 64.0 Å². The van der Waals surface area contributed by atoms with E-state index >= 15 is 0 Å². The summed E-state index contributed by atoms with van der Waals surface area (Å²) in [4.78, 5) is 33.9. The molecule has 2 aliphatic heterocycles. The number of amides is 1. The highest BCUT2D eigenvalue weighted by molar-refractivity contribution is 7.14. The smallest absolute Gasteiger partial charge is 0.410 e. The maximum absolute atomic E-state index is 12.5. The molecular formula is C33H41N3O5S. The van der Waals surface area contributed by atoms with E-state index < -0.39 is 5.60 Å². The fourth-order valence-electron chi connectivity index (χ4n) is 5.91. The summed E-state index contributed by atoms with van der Waals surface area (Å²) in [5.74, 6) is 0.639. The van der Waals surface area contributed by atoms with Gasteiger partial charge in [0.1, 0.15) is 18.0 Å². The maximum Gasteiger partial charge on any atom is 0.410 e. The third-order valence-corrected chi connectivity index (χ3v) is 8.94. The molecule has 0 N–H and O–H groups in total. The van der Waals surface area contributed by atoms with Gasteiger partial charge in [0, 0.05) is 36.6 Å². The molecular weight excluding hydrogens is 550 g/mol. The van der Waals surface area contributed by atoms with E-state index in [0.29, 0.717) is 19.7 Å². The Kier molecular flexibility index (Phi) is 8.51. The molecule has 5 rings (SSSR count). The Bertz CT molecular complexity index is 1460. The van der Waals surface area contributed by atoms with Crippen LogP contribution in [0, 0.1) is 18.8 Å². The summed E-state index contributed by atoms with van der Waals surface area (Å²) in [6.07, 6.45) is 0.513. The van der Waals surface area contributed by atoms with Crippen molar-refractivity contribution in [2.24, 2.45) is 11.8 Å². The van der Waals surface area contributed by atoms with Crippen LogP contribution in [-0.4, -0.2) is 53.8 Å². The lowest BCUT2D eigenvalue weighted by molar-refractivity contribution is -0.146. The van der Waals surface area contributed by atoms with Crippen LogP contribution in [0.15, 0.2) is 41.8 Å². The summed E-state index contributed by atoms with van der Waals surface area (Å²) < 4.78 is 17.0. The van der Waals surface area contributed by atoms with Crippen LogP contribution >= 0.6 is 11.3 Å². The van der Waals surface area contributed by atoms with Crippen LogP contribution in [0.5, 0.6) is 5.75 Å². The molecule has 0 aliphatic carbocycles. The van der Waals surface area contributed by atoms with E-state index in [1.54, 1.807) is 16.2 Å². The van der Waals surface area contributed by atoms with Crippen LogP contribution in [-0.2, 0) is 33.8 Å². The normalized spacial score (nSPS) is 20.3. The minimum atomic E-state index is -0.508. The molecule has 1 amide bonds. The highest BCUT2D eigenvalue weighted by Gasteiger charge is 2.43. The van der Waals surface area contributed by atoms with Crippen molar-refractivity contribution in [3.8, 4) is 17.0 Å². The fourth-order valence-corrected chi connectivity index (χ4v) is 6.83. The van der Waals surface area contributed by atoms with Gasteiger partial charge in [-0.2, -0.15) is 0 Å². The van der Waals surface area contributed by atoms with Gasteiger partial charge in [0.25, 0.3) is 0 Å². The number of hydrogen-bond acceptors (Lipinski definition) is 8. The van der Waals surface area contributed by atoms with Crippen LogP contribution in [0.1, 0.15) is 56.9 Å². The Labute approximate surface area is 252 Å². The van der Waals surface area contributed by atoms with Gasteiger partial charge >= 0.3 is 12.1 Å². The number of hydrogen-bond donors (Lipinski definition) is 0. The second-order valence-corrected chi connectivity index (χ2v) is 13.3. The number of carbonyl (C=O) groups is 2. The molecule has 3 aromatic rings. The molecule has 2 unspecified atom stereocenters. The lowest BCUT2D eigenvalue weighted by Crippen LogP contribution is -2.39. The number of ether oxygens (including phenoxy) is 3. The van der Waals surface area contributed by atoms with Gasteiger partial charge in [0.15, 0.2) is 5.13 Å². The van der Waals surface area contributed by atoms with E-state index in [1.165, 1.54) is 12.7 Å². The van der Waals surface area contributed by atoms with E-state index in [0.717, 1.165) is 51.8 Å². The van der Waals surface area contributed by atoms with Crippen LogP contribution in [0.3, 0.4) is 0 Å². The van der Waals surface area contributed by atoms with Gasteiger partial charge < -0.3 is 24.0 Å². The van der Waals surface area contributed by atoms with E-state index in [9.17, 15) is 9.59 Å². The average Bonchev–Trinajstić information content (AvgIpc) is 3.54. The van der Waals surface area contributed by atoms with E-state index in [1.807, 2.05) is 26.8 Å². The fraction of sp³-hybridized carbons (Fsp3) is 0.485. The molecule has 224 valence electrons. The topological polar surface area (TPSA) is 81.2 Å². The van der Waals surface area contributed by atoms with Gasteiger partial charge in [-0.1, -0.05) is 36.8 Å². The summed E-state index contributed by atoms with van der Waals surface area (Å²) in [6, 6.07) is 12.5. The number of benzene rings is 2. The average molecular weight is 592 g/mol. The molecule has 9 heteroatoms. The van der Waals surface area contributed by atoms with Gasteiger partial charge in [-0.25, -0.2) is 9.78 Å². The zero-order chi connectivity index (χ0) is 30.2. The number of nitrogens with zero attached hydrogens (tertiary/aromatic N) is 3. The monoisotopic (exact) mass is 591 g/mol. The molecule has 8 nitrogen and oxygen atoms in total. The molecule has 0 radical (unpaired) electrons. The number of carbonyl (C=O) groups excluding carboxylic acids is 2. The molecule has 0 bridgehead atoms. The van der Waals surface area contributed by atoms with Crippen molar-refractivity contribution in [3.63, 3.8) is 0 Å². The first-order chi connectivity index (χ1) is 19.9. The number of rotatable bonds is 6. The Morgan fingerprint density at radius 3 is 2.62 bits per heavy atom. The van der Waals surface area contributed by atoms with Gasteiger partial charge in [-0.15, -0.1) is 11.3 Å². The van der Waals surface area contributed by atoms with E-state index in [4.69, 9.17) is 19.2 Å². The third kappa shape index (κ3) is 6.41. The van der Waals surface area contributed by atoms with Crippen molar-refractivity contribution >= 4 is 28.5 Å². The zero-order valence-corrected chi connectivity index (χ0v) is 26.4. The van der Waals surface area contributed by atoms with Crippen LogP contribution in [0.25, 0.3) is 11.3 Å². The molecule has 2 aromatic carbocycles. The molecule has 42 heavy (non-hydrogen) atoms. The summed E-state index contributed by atoms with van der Waals surface area (Å²) in [6.45, 7) is 14.3. The first-order valence-corrected chi connectivity index (χ1v) is 15.4. The highest BCUT2D eigenvalue weighted by Crippen LogP contribution is 2.39. The third-order valence-electron chi connectivity index (χ3n) is 8.06. The second-order valence-electron chi connectivity index (χ2n) is 12.5. The Morgan fingerprint density at radius 2 is 1.88 bits per heavy atom. The van der Waals surface area contributed by atoms with Gasteiger partial charge in [-0.3, -0.25) is 4.79 Å². The predicted molar refractivity (Wildman–Crippen MR) is 165 cm³/mol. The Morgan fingerprint density at radius 1 is 1.10 bits per heavy atom. The first-order valence-electron chi connectivity index (χ1n) is 14.6. The van der Waals surface area contributed by atoms with Gasteiger partial charge in [-0.05, 0) is 75.8 Å². The predicted octanol–water partition coefficient (Wildman–Crippen LogP) is 6.62. The lowest BCUT2D eigenvalue weighted by Gasteiger charge is -2.31. The molecule has 2 aliphatic rings. The number of aromatic nitrogens is 1. The number of esters is 1. The molecule has 3 atom stereocenters. The molecule has 3 heterocycles. The minimum absolute atomic E-state index is 0.0138. The van der Waals surface area contributed by atoms with Crippen LogP contribution in [0.4, 0.5) is 9.93 Å². The van der Waals surface area contributed by atoms with Gasteiger partial charge in [0.2, 0.25) is 0 Å². The lowest BCUT2D eigenvalue weighted by atomic mass is 9.93. The number of aryl methyl sites for hydroxylation is 1. The molecule has 1 saturated heterocycles. The van der Waals surface area contributed by atoms with Crippen molar-refractivity contribution in [1.29, 1.82) is 0 Å².